The van der Waals surface area contributed by atoms with Gasteiger partial charge < -0.3 is 0 Å². The molecule has 11 aromatic rings. The van der Waals surface area contributed by atoms with E-state index < -0.39 is 0 Å². The first-order valence-electron chi connectivity index (χ1n) is 21.9. The maximum Gasteiger partial charge on any atom is -0.000741 e. The van der Waals surface area contributed by atoms with Gasteiger partial charge in [0.2, 0.25) is 0 Å². The second-order valence-corrected chi connectivity index (χ2v) is 18.3. The third-order valence-electron chi connectivity index (χ3n) is 13.9. The zero-order valence-corrected chi connectivity index (χ0v) is 35.1. The molecule has 62 heavy (non-hydrogen) atoms. The predicted molar refractivity (Wildman–Crippen MR) is 266 cm³/mol. The van der Waals surface area contributed by atoms with Crippen LogP contribution in [-0.4, -0.2) is 0 Å². The van der Waals surface area contributed by atoms with E-state index in [4.69, 9.17) is 0 Å². The van der Waals surface area contributed by atoms with Crippen molar-refractivity contribution in [2.45, 2.75) is 26.2 Å². The van der Waals surface area contributed by atoms with E-state index in [1.54, 1.807) is 0 Å². The fourth-order valence-corrected chi connectivity index (χ4v) is 11.2. The van der Waals surface area contributed by atoms with Crippen LogP contribution in [0.15, 0.2) is 200 Å². The first-order valence-corrected chi connectivity index (χ1v) is 21.9. The lowest BCUT2D eigenvalue weighted by Gasteiger charge is -2.20. The van der Waals surface area contributed by atoms with Gasteiger partial charge in [0, 0.05) is 0 Å². The summed E-state index contributed by atoms with van der Waals surface area (Å²) in [7, 11) is 0. The van der Waals surface area contributed by atoms with Crippen LogP contribution in [0.5, 0.6) is 0 Å². The van der Waals surface area contributed by atoms with Gasteiger partial charge in [-0.2, -0.15) is 0 Å². The molecule has 0 amide bonds. The number of benzene rings is 11. The van der Waals surface area contributed by atoms with Gasteiger partial charge in [-0.05, 0) is 149 Å². The van der Waals surface area contributed by atoms with E-state index in [2.05, 4.69) is 221 Å². The van der Waals surface area contributed by atoms with Crippen LogP contribution in [-0.2, 0) is 5.41 Å². The van der Waals surface area contributed by atoms with E-state index in [0.717, 1.165) is 0 Å². The molecule has 13 rings (SSSR count). The Balaban J connectivity index is 1.04. The minimum absolute atomic E-state index is 0.0990. The van der Waals surface area contributed by atoms with Crippen LogP contribution >= 0.6 is 0 Å². The molecule has 290 valence electrons. The second kappa shape index (κ2) is 13.0. The molecule has 0 unspecified atom stereocenters. The van der Waals surface area contributed by atoms with Gasteiger partial charge in [0.05, 0.1) is 0 Å². The van der Waals surface area contributed by atoms with E-state index in [1.165, 1.54) is 138 Å². The molecule has 0 bridgehead atoms. The minimum Gasteiger partial charge on any atom is -0.0622 e. The summed E-state index contributed by atoms with van der Waals surface area (Å²) in [5, 5.41) is 10.5. The van der Waals surface area contributed by atoms with Crippen LogP contribution in [0.1, 0.15) is 26.3 Å². The van der Waals surface area contributed by atoms with Crippen molar-refractivity contribution >= 4 is 43.1 Å². The average Bonchev–Trinajstić information content (AvgIpc) is 3.83. The smallest absolute Gasteiger partial charge is 0.000741 e. The van der Waals surface area contributed by atoms with E-state index in [9.17, 15) is 0 Å². The van der Waals surface area contributed by atoms with Gasteiger partial charge in [-0.15, -0.1) is 0 Å². The third-order valence-corrected chi connectivity index (χ3v) is 13.9. The fraction of sp³-hybridized carbons (Fsp3) is 0.0645. The summed E-state index contributed by atoms with van der Waals surface area (Å²) < 4.78 is 0. The van der Waals surface area contributed by atoms with Gasteiger partial charge in [0.25, 0.3) is 0 Å². The molecule has 2 aliphatic rings. The molecule has 0 saturated heterocycles. The van der Waals surface area contributed by atoms with Gasteiger partial charge in [-0.3, -0.25) is 0 Å². The third kappa shape index (κ3) is 4.90. The van der Waals surface area contributed by atoms with Crippen LogP contribution < -0.4 is 0 Å². The summed E-state index contributed by atoms with van der Waals surface area (Å²) in [6.07, 6.45) is 0. The predicted octanol–water partition coefficient (Wildman–Crippen LogP) is 17.6. The summed E-state index contributed by atoms with van der Waals surface area (Å²) in [5.74, 6) is 0. The highest BCUT2D eigenvalue weighted by atomic mass is 14.3. The highest BCUT2D eigenvalue weighted by Gasteiger charge is 2.32. The molecule has 11 aromatic carbocycles. The summed E-state index contributed by atoms with van der Waals surface area (Å²) in [6, 6.07) is 75.3. The highest BCUT2D eigenvalue weighted by molar-refractivity contribution is 6.31. The molecule has 0 aliphatic heterocycles. The van der Waals surface area contributed by atoms with Gasteiger partial charge >= 0.3 is 0 Å². The summed E-state index contributed by atoms with van der Waals surface area (Å²) in [5.41, 5.74) is 22.2. The van der Waals surface area contributed by atoms with Crippen molar-refractivity contribution in [3.05, 3.63) is 206 Å². The maximum atomic E-state index is 2.47. The van der Waals surface area contributed by atoms with Crippen molar-refractivity contribution in [1.82, 2.24) is 0 Å². The second-order valence-electron chi connectivity index (χ2n) is 18.3. The Morgan fingerprint density at radius 1 is 0.242 bits per heavy atom. The molecule has 0 aromatic heterocycles. The van der Waals surface area contributed by atoms with Crippen molar-refractivity contribution in [2.24, 2.45) is 0 Å². The molecular weight excluding hydrogens is 745 g/mol. The molecule has 2 aliphatic carbocycles. The fourth-order valence-electron chi connectivity index (χ4n) is 11.2. The van der Waals surface area contributed by atoms with Crippen molar-refractivity contribution in [3.63, 3.8) is 0 Å². The monoisotopic (exact) mass is 786 g/mol. The van der Waals surface area contributed by atoms with Gasteiger partial charge in [0.1, 0.15) is 0 Å². The molecule has 0 heteroatoms. The lowest BCUT2D eigenvalue weighted by Crippen LogP contribution is -2.10. The Labute approximate surface area is 362 Å². The SMILES string of the molecule is CC(C)(C)c1ccc(-c2c3ccccc3c3c4c(cccc24)-c2cc(-c4ccc5c6c(cccc46)-c4c-5c(-c5ccccc5)c5ccccc5c4-c4ccccc4)ccc2-3)cc1. The average molecular weight is 787 g/mol. The number of hydrogen-bond acceptors (Lipinski definition) is 0. The first-order chi connectivity index (χ1) is 30.4. The van der Waals surface area contributed by atoms with Crippen LogP contribution in [0.2, 0.25) is 0 Å². The Hall–Kier alpha value is -7.54. The van der Waals surface area contributed by atoms with Crippen molar-refractivity contribution in [1.29, 1.82) is 0 Å². The standard InChI is InChI=1S/C62H42/c1-62(2,3)41-31-28-39(29-32-41)54-44-20-10-13-23-47(44)58-49-33-30-40(36-53(49)48-25-15-26-50(54)59(48)58)42-34-35-52-57-43(42)24-14-27-51(57)60-55(37-16-6-4-7-17-37)45-21-11-12-22-46(45)56(61(52)60)38-18-8-5-9-19-38/h4-36H,1-3H3. The lowest BCUT2D eigenvalue weighted by atomic mass is 9.82. The van der Waals surface area contributed by atoms with Crippen LogP contribution in [0, 0.1) is 0 Å². The Kier molecular flexibility index (Phi) is 7.38. The summed E-state index contributed by atoms with van der Waals surface area (Å²) in [6.45, 7) is 6.86. The largest absolute Gasteiger partial charge is 0.0622 e. The van der Waals surface area contributed by atoms with Crippen LogP contribution in [0.3, 0.4) is 0 Å². The molecule has 0 N–H and O–H groups in total. The topological polar surface area (TPSA) is 0 Å². The van der Waals surface area contributed by atoms with Crippen molar-refractivity contribution in [2.75, 3.05) is 0 Å². The number of fused-ring (bicyclic) bond motifs is 9. The highest BCUT2D eigenvalue weighted by Crippen LogP contribution is 2.59. The number of rotatable bonds is 4. The zero-order chi connectivity index (χ0) is 41.3. The minimum atomic E-state index is 0.0990. The van der Waals surface area contributed by atoms with E-state index in [0.29, 0.717) is 0 Å². The summed E-state index contributed by atoms with van der Waals surface area (Å²) in [4.78, 5) is 0. The van der Waals surface area contributed by atoms with Gasteiger partial charge in [0.15, 0.2) is 0 Å². The van der Waals surface area contributed by atoms with Crippen molar-refractivity contribution in [3.8, 4) is 89.0 Å². The zero-order valence-electron chi connectivity index (χ0n) is 35.1. The van der Waals surface area contributed by atoms with Crippen LogP contribution in [0.25, 0.3) is 132 Å². The first kappa shape index (κ1) is 35.2. The molecule has 0 fully saturated rings. The molecule has 0 radical (unpaired) electrons. The molecule has 0 spiro atoms. The van der Waals surface area contributed by atoms with Gasteiger partial charge in [-0.25, -0.2) is 0 Å². The van der Waals surface area contributed by atoms with E-state index >= 15 is 0 Å². The molecule has 0 saturated carbocycles. The van der Waals surface area contributed by atoms with E-state index in [1.807, 2.05) is 0 Å². The summed E-state index contributed by atoms with van der Waals surface area (Å²) >= 11 is 0. The lowest BCUT2D eigenvalue weighted by molar-refractivity contribution is 0.590. The molecule has 0 atom stereocenters. The van der Waals surface area contributed by atoms with E-state index in [-0.39, 0.29) is 5.41 Å². The normalized spacial score (nSPS) is 12.4. The molecular formula is C62H42. The Bertz CT molecular complexity index is 3580. The molecule has 0 heterocycles. The van der Waals surface area contributed by atoms with Crippen LogP contribution in [0.4, 0.5) is 0 Å². The van der Waals surface area contributed by atoms with Crippen molar-refractivity contribution < 1.29 is 0 Å². The quantitative estimate of drug-likeness (QED) is 0.156. The number of hydrogen-bond donors (Lipinski definition) is 0. The molecule has 0 nitrogen and oxygen atoms in total. The Morgan fingerprint density at radius 3 is 1.31 bits per heavy atom. The van der Waals surface area contributed by atoms with Gasteiger partial charge in [-0.1, -0.05) is 215 Å². The maximum absolute atomic E-state index is 2.47. The Morgan fingerprint density at radius 2 is 0.694 bits per heavy atom.